The standard InChI is InChI=1S/C18H30O3S.Mg.2H/c1-2-3-4-5-6-7-8-9-10-11-14-17-15-12-13-16-18(17)22(19,20)21;;;/h12-13,15-16H,2-11,14H2,1H3,(H,19,20,21);;;/q;+2;2*-1. The maximum absolute atomic E-state index is 11.3. The minimum atomic E-state index is -4.10. The Balaban J connectivity index is -0.00000161. The van der Waals surface area contributed by atoms with Gasteiger partial charge in [-0.2, -0.15) is 8.42 Å². The first-order valence-corrected chi connectivity index (χ1v) is 10.0. The predicted molar refractivity (Wildman–Crippen MR) is 99.8 cm³/mol. The second-order valence-electron chi connectivity index (χ2n) is 6.01. The Morgan fingerprint density at radius 3 is 1.87 bits per heavy atom. The molecule has 1 rings (SSSR count). The van der Waals surface area contributed by atoms with Crippen LogP contribution in [0.3, 0.4) is 0 Å². The van der Waals surface area contributed by atoms with E-state index >= 15 is 0 Å². The normalized spacial score (nSPS) is 11.2. The first-order valence-electron chi connectivity index (χ1n) is 8.61. The van der Waals surface area contributed by atoms with Crippen LogP contribution in [0.4, 0.5) is 0 Å². The molecule has 23 heavy (non-hydrogen) atoms. The zero-order valence-corrected chi connectivity index (χ0v) is 16.7. The molecule has 0 heterocycles. The zero-order valence-electron chi connectivity index (χ0n) is 16.5. The molecule has 0 atom stereocenters. The van der Waals surface area contributed by atoms with Crippen molar-refractivity contribution in [2.45, 2.75) is 82.4 Å². The van der Waals surface area contributed by atoms with Gasteiger partial charge in [-0.05, 0) is 24.5 Å². The van der Waals surface area contributed by atoms with Crippen LogP contribution in [0.5, 0.6) is 0 Å². The first-order chi connectivity index (χ1) is 10.6. The van der Waals surface area contributed by atoms with Gasteiger partial charge >= 0.3 is 23.1 Å². The van der Waals surface area contributed by atoms with Crippen LogP contribution in [0.1, 0.15) is 79.5 Å². The summed E-state index contributed by atoms with van der Waals surface area (Å²) in [5.74, 6) is 0. The number of aryl methyl sites for hydroxylation is 1. The minimum absolute atomic E-state index is 0. The smallest absolute Gasteiger partial charge is 1.00 e. The van der Waals surface area contributed by atoms with Crippen molar-refractivity contribution in [3.8, 4) is 0 Å². The number of benzene rings is 1. The summed E-state index contributed by atoms with van der Waals surface area (Å²) in [4.78, 5) is 0.0610. The third-order valence-corrected chi connectivity index (χ3v) is 5.00. The van der Waals surface area contributed by atoms with Crippen LogP contribution in [0.2, 0.25) is 0 Å². The van der Waals surface area contributed by atoms with Crippen LogP contribution in [0, 0.1) is 0 Å². The monoisotopic (exact) mass is 352 g/mol. The molecule has 1 N–H and O–H groups in total. The number of unbranched alkanes of at least 4 members (excludes halogenated alkanes) is 9. The molecule has 0 spiro atoms. The van der Waals surface area contributed by atoms with E-state index in [0.29, 0.717) is 6.42 Å². The number of rotatable bonds is 12. The molecule has 0 aliphatic rings. The SMILES string of the molecule is CCCCCCCCCCCCc1ccccc1S(=O)(=O)O.[H-].[H-].[Mg+2]. The van der Waals surface area contributed by atoms with E-state index in [9.17, 15) is 13.0 Å². The van der Waals surface area contributed by atoms with Gasteiger partial charge in [-0.15, -0.1) is 0 Å². The summed E-state index contributed by atoms with van der Waals surface area (Å²) >= 11 is 0. The second kappa shape index (κ2) is 13.2. The van der Waals surface area contributed by atoms with Gasteiger partial charge in [-0.3, -0.25) is 4.55 Å². The Morgan fingerprint density at radius 2 is 1.35 bits per heavy atom. The van der Waals surface area contributed by atoms with E-state index in [-0.39, 0.29) is 30.8 Å². The summed E-state index contributed by atoms with van der Waals surface area (Å²) in [7, 11) is -4.10. The molecule has 0 radical (unpaired) electrons. The molecule has 5 heteroatoms. The fourth-order valence-corrected chi connectivity index (χ4v) is 3.52. The second-order valence-corrected chi connectivity index (χ2v) is 7.40. The summed E-state index contributed by atoms with van der Waals surface area (Å²) in [5.41, 5.74) is 0.726. The van der Waals surface area contributed by atoms with Crippen LogP contribution < -0.4 is 0 Å². The van der Waals surface area contributed by atoms with Gasteiger partial charge in [0, 0.05) is 0 Å². The average molecular weight is 353 g/mol. The van der Waals surface area contributed by atoms with Gasteiger partial charge in [-0.25, -0.2) is 0 Å². The largest absolute Gasteiger partial charge is 2.00 e. The molecule has 0 saturated carbocycles. The van der Waals surface area contributed by atoms with Gasteiger partial charge in [0.25, 0.3) is 10.1 Å². The first kappa shape index (κ1) is 22.9. The predicted octanol–water partition coefficient (Wildman–Crippen LogP) is 5.24. The molecule has 3 nitrogen and oxygen atoms in total. The Labute approximate surface area is 161 Å². The van der Waals surface area contributed by atoms with E-state index in [2.05, 4.69) is 6.92 Å². The van der Waals surface area contributed by atoms with E-state index < -0.39 is 10.1 Å². The van der Waals surface area contributed by atoms with Gasteiger partial charge in [0.05, 0.1) is 4.90 Å². The van der Waals surface area contributed by atoms with Gasteiger partial charge in [0.1, 0.15) is 0 Å². The minimum Gasteiger partial charge on any atom is -1.00 e. The van der Waals surface area contributed by atoms with Crippen LogP contribution in [-0.4, -0.2) is 36.0 Å². The van der Waals surface area contributed by atoms with E-state index in [1.54, 1.807) is 12.1 Å². The molecule has 1 aromatic carbocycles. The number of hydrogen-bond donors (Lipinski definition) is 1. The van der Waals surface area contributed by atoms with Crippen LogP contribution >= 0.6 is 0 Å². The summed E-state index contributed by atoms with van der Waals surface area (Å²) in [6, 6.07) is 6.73. The zero-order chi connectivity index (χ0) is 16.3. The fraction of sp³-hybridized carbons (Fsp3) is 0.667. The van der Waals surface area contributed by atoms with Crippen molar-refractivity contribution in [2.24, 2.45) is 0 Å². The quantitative estimate of drug-likeness (QED) is 0.318. The van der Waals surface area contributed by atoms with E-state index in [1.807, 2.05) is 6.07 Å². The molecule has 0 unspecified atom stereocenters. The third-order valence-electron chi connectivity index (χ3n) is 4.05. The third kappa shape index (κ3) is 10.4. The summed E-state index contributed by atoms with van der Waals surface area (Å²) in [5, 5.41) is 0. The van der Waals surface area contributed by atoms with Crippen molar-refractivity contribution in [1.82, 2.24) is 0 Å². The van der Waals surface area contributed by atoms with Gasteiger partial charge in [0.15, 0.2) is 0 Å². The molecule has 0 aliphatic carbocycles. The molecule has 0 bridgehead atoms. The summed E-state index contributed by atoms with van der Waals surface area (Å²) in [6.07, 6.45) is 13.3. The maximum atomic E-state index is 11.3. The molecule has 1 aromatic rings. The van der Waals surface area contributed by atoms with Gasteiger partial charge in [0.2, 0.25) is 0 Å². The van der Waals surface area contributed by atoms with Crippen molar-refractivity contribution < 1.29 is 15.8 Å². The Bertz CT molecular complexity index is 525. The Kier molecular flexibility index (Phi) is 13.2. The van der Waals surface area contributed by atoms with Crippen molar-refractivity contribution in [3.63, 3.8) is 0 Å². The van der Waals surface area contributed by atoms with Crippen LogP contribution in [0.15, 0.2) is 29.2 Å². The molecule has 0 fully saturated rings. The van der Waals surface area contributed by atoms with Crippen molar-refractivity contribution in [2.75, 3.05) is 0 Å². The Hall–Kier alpha value is -0.104. The molecular formula is C18H32MgO3S. The Morgan fingerprint density at radius 1 is 0.870 bits per heavy atom. The van der Waals surface area contributed by atoms with E-state index in [0.717, 1.165) is 18.4 Å². The number of hydrogen-bond acceptors (Lipinski definition) is 2. The summed E-state index contributed by atoms with van der Waals surface area (Å²) < 4.78 is 31.8. The van der Waals surface area contributed by atoms with Crippen molar-refractivity contribution >= 4 is 33.2 Å². The molecule has 0 saturated heterocycles. The molecule has 130 valence electrons. The maximum Gasteiger partial charge on any atom is 2.00 e. The molecule has 0 amide bonds. The van der Waals surface area contributed by atoms with Crippen LogP contribution in [0.25, 0.3) is 0 Å². The van der Waals surface area contributed by atoms with Gasteiger partial charge < -0.3 is 2.85 Å². The molecule has 0 aliphatic heterocycles. The average Bonchev–Trinajstić information content (AvgIpc) is 2.48. The van der Waals surface area contributed by atoms with E-state index in [4.69, 9.17) is 0 Å². The van der Waals surface area contributed by atoms with E-state index in [1.165, 1.54) is 57.4 Å². The van der Waals surface area contributed by atoms with Crippen molar-refractivity contribution in [3.05, 3.63) is 29.8 Å². The fourth-order valence-electron chi connectivity index (χ4n) is 2.76. The summed E-state index contributed by atoms with van der Waals surface area (Å²) in [6.45, 7) is 2.24. The molecular weight excluding hydrogens is 321 g/mol. The molecule has 0 aromatic heterocycles. The van der Waals surface area contributed by atoms with Gasteiger partial charge in [-0.1, -0.05) is 82.9 Å². The topological polar surface area (TPSA) is 54.4 Å². The van der Waals surface area contributed by atoms with Crippen LogP contribution in [-0.2, 0) is 16.5 Å². The van der Waals surface area contributed by atoms with Crippen molar-refractivity contribution in [1.29, 1.82) is 0 Å².